The highest BCUT2D eigenvalue weighted by atomic mass is 35.5. The topological polar surface area (TPSA) is 86.8 Å². The van der Waals surface area contributed by atoms with Crippen LogP contribution in [0, 0.1) is 6.92 Å². The number of hydrogen-bond donors (Lipinski definition) is 1. The molecule has 0 saturated heterocycles. The van der Waals surface area contributed by atoms with E-state index in [0.717, 1.165) is 21.9 Å². The van der Waals surface area contributed by atoms with Crippen molar-refractivity contribution in [3.05, 3.63) is 94.0 Å². The summed E-state index contributed by atoms with van der Waals surface area (Å²) in [7, 11) is -4.15. The van der Waals surface area contributed by atoms with Crippen molar-refractivity contribution < 1.29 is 18.0 Å². The fraction of sp³-hybridized carbons (Fsp3) is 0.310. The first-order valence-electron chi connectivity index (χ1n) is 12.7. The van der Waals surface area contributed by atoms with Gasteiger partial charge in [0.2, 0.25) is 11.8 Å². The summed E-state index contributed by atoms with van der Waals surface area (Å²) >= 11 is 12.4. The van der Waals surface area contributed by atoms with E-state index < -0.39 is 28.5 Å². The molecule has 1 N–H and O–H groups in total. The summed E-state index contributed by atoms with van der Waals surface area (Å²) in [6.45, 7) is 5.60. The van der Waals surface area contributed by atoms with Crippen molar-refractivity contribution in [1.82, 2.24) is 10.2 Å². The first-order chi connectivity index (χ1) is 18.6. The Bertz CT molecular complexity index is 1380. The van der Waals surface area contributed by atoms with Crippen LogP contribution in [0.1, 0.15) is 37.8 Å². The number of rotatable bonds is 12. The summed E-state index contributed by atoms with van der Waals surface area (Å²) < 4.78 is 28.7. The maximum atomic E-state index is 14.0. The van der Waals surface area contributed by atoms with Crippen LogP contribution in [0.3, 0.4) is 0 Å². The largest absolute Gasteiger partial charge is 0.354 e. The van der Waals surface area contributed by atoms with E-state index in [0.29, 0.717) is 23.0 Å². The highest BCUT2D eigenvalue weighted by Gasteiger charge is 2.33. The molecule has 7 nitrogen and oxygen atoms in total. The third kappa shape index (κ3) is 7.75. The second-order valence-corrected chi connectivity index (χ2v) is 11.8. The summed E-state index contributed by atoms with van der Waals surface area (Å²) in [6.07, 6.45) is 1.08. The zero-order valence-electron chi connectivity index (χ0n) is 22.2. The number of benzene rings is 3. The van der Waals surface area contributed by atoms with Crippen LogP contribution < -0.4 is 9.62 Å². The molecule has 0 aliphatic heterocycles. The van der Waals surface area contributed by atoms with Crippen LogP contribution in [0.25, 0.3) is 0 Å². The molecule has 0 spiro atoms. The van der Waals surface area contributed by atoms with Gasteiger partial charge in [0, 0.05) is 23.1 Å². The normalized spacial score (nSPS) is 12.0. The molecule has 10 heteroatoms. The van der Waals surface area contributed by atoms with E-state index in [2.05, 4.69) is 5.32 Å². The fourth-order valence-electron chi connectivity index (χ4n) is 4.06. The summed E-state index contributed by atoms with van der Waals surface area (Å²) in [4.78, 5) is 28.6. The number of hydrogen-bond acceptors (Lipinski definition) is 4. The zero-order valence-corrected chi connectivity index (χ0v) is 24.6. The van der Waals surface area contributed by atoms with Gasteiger partial charge in [-0.25, -0.2) is 8.42 Å². The average molecular weight is 591 g/mol. The first kappa shape index (κ1) is 30.5. The number of carbonyl (C=O) groups excluding carboxylic acids is 2. The van der Waals surface area contributed by atoms with Gasteiger partial charge in [0.25, 0.3) is 10.0 Å². The van der Waals surface area contributed by atoms with Gasteiger partial charge in [0.1, 0.15) is 12.6 Å². The van der Waals surface area contributed by atoms with Crippen molar-refractivity contribution in [3.63, 3.8) is 0 Å². The van der Waals surface area contributed by atoms with Crippen molar-refractivity contribution in [3.8, 4) is 0 Å². The Kier molecular flexibility index (Phi) is 10.8. The van der Waals surface area contributed by atoms with E-state index in [-0.39, 0.29) is 23.0 Å². The van der Waals surface area contributed by atoms with Gasteiger partial charge in [0.05, 0.1) is 10.6 Å². The van der Waals surface area contributed by atoms with Crippen molar-refractivity contribution in [2.24, 2.45) is 0 Å². The quantitative estimate of drug-likeness (QED) is 0.288. The molecular formula is C29H33Cl2N3O4S. The second-order valence-electron chi connectivity index (χ2n) is 9.12. The molecule has 0 aliphatic rings. The maximum absolute atomic E-state index is 14.0. The molecule has 3 rings (SSSR count). The van der Waals surface area contributed by atoms with Crippen LogP contribution >= 0.6 is 23.2 Å². The first-order valence-corrected chi connectivity index (χ1v) is 14.9. The van der Waals surface area contributed by atoms with Crippen molar-refractivity contribution in [2.45, 2.75) is 51.1 Å². The third-order valence-corrected chi connectivity index (χ3v) is 8.70. The van der Waals surface area contributed by atoms with Crippen LogP contribution in [0.4, 0.5) is 5.69 Å². The van der Waals surface area contributed by atoms with E-state index in [9.17, 15) is 18.0 Å². The molecular weight excluding hydrogens is 557 g/mol. The summed E-state index contributed by atoms with van der Waals surface area (Å²) in [5, 5.41) is 3.78. The number of sulfonamides is 1. The lowest BCUT2D eigenvalue weighted by Gasteiger charge is -2.33. The standard InChI is InChI=1S/C29H33Cl2N3O4S/c1-4-17-32-29(36)27(5-2)33(19-22-12-14-23(30)15-13-22)28(35)20-34(24-16-11-21(3)26(31)18-24)39(37,38)25-9-7-6-8-10-25/h6-16,18,27H,4-5,17,19-20H2,1-3H3,(H,32,36)/t27-/m0/s1. The number of halogens is 2. The van der Waals surface area contributed by atoms with Gasteiger partial charge in [-0.15, -0.1) is 0 Å². The van der Waals surface area contributed by atoms with Gasteiger partial charge < -0.3 is 10.2 Å². The molecule has 2 amide bonds. The molecule has 0 bridgehead atoms. The van der Waals surface area contributed by atoms with Gasteiger partial charge in [-0.2, -0.15) is 0 Å². The van der Waals surface area contributed by atoms with Crippen molar-refractivity contribution >= 4 is 50.7 Å². The Morgan fingerprint density at radius 1 is 0.949 bits per heavy atom. The molecule has 3 aromatic rings. The minimum atomic E-state index is -4.15. The number of aryl methyl sites for hydroxylation is 1. The number of nitrogens with one attached hydrogen (secondary N) is 1. The molecule has 3 aromatic carbocycles. The summed E-state index contributed by atoms with van der Waals surface area (Å²) in [5.41, 5.74) is 1.77. The molecule has 0 fully saturated rings. The van der Waals surface area contributed by atoms with Crippen LogP contribution in [-0.4, -0.2) is 44.3 Å². The van der Waals surface area contributed by atoms with Crippen molar-refractivity contribution in [1.29, 1.82) is 0 Å². The summed E-state index contributed by atoms with van der Waals surface area (Å²) in [6, 6.07) is 18.9. The highest BCUT2D eigenvalue weighted by Crippen LogP contribution is 2.28. The highest BCUT2D eigenvalue weighted by molar-refractivity contribution is 7.92. The lowest BCUT2D eigenvalue weighted by Crippen LogP contribution is -2.52. The zero-order chi connectivity index (χ0) is 28.6. The van der Waals surface area contributed by atoms with Crippen LogP contribution in [0.15, 0.2) is 77.7 Å². The Morgan fingerprint density at radius 2 is 1.62 bits per heavy atom. The number of nitrogens with zero attached hydrogens (tertiary/aromatic N) is 2. The number of amides is 2. The summed E-state index contributed by atoms with van der Waals surface area (Å²) in [5.74, 6) is -0.822. The van der Waals surface area contributed by atoms with E-state index in [4.69, 9.17) is 23.2 Å². The molecule has 0 aromatic heterocycles. The SMILES string of the molecule is CCCNC(=O)[C@H](CC)N(Cc1ccc(Cl)cc1)C(=O)CN(c1ccc(C)c(Cl)c1)S(=O)(=O)c1ccccc1. The van der Waals surface area contributed by atoms with E-state index in [1.54, 1.807) is 54.6 Å². The molecule has 0 heterocycles. The fourth-order valence-corrected chi connectivity index (χ4v) is 5.79. The van der Waals surface area contributed by atoms with E-state index >= 15 is 0 Å². The second kappa shape index (κ2) is 13.8. The smallest absolute Gasteiger partial charge is 0.264 e. The molecule has 0 aliphatic carbocycles. The number of anilines is 1. The Morgan fingerprint density at radius 3 is 2.21 bits per heavy atom. The predicted molar refractivity (Wildman–Crippen MR) is 157 cm³/mol. The van der Waals surface area contributed by atoms with Crippen LogP contribution in [-0.2, 0) is 26.2 Å². The van der Waals surface area contributed by atoms with Crippen molar-refractivity contribution in [2.75, 3.05) is 17.4 Å². The Balaban J connectivity index is 2.06. The monoisotopic (exact) mass is 589 g/mol. The van der Waals surface area contributed by atoms with E-state index in [1.165, 1.54) is 23.1 Å². The van der Waals surface area contributed by atoms with Gasteiger partial charge in [-0.1, -0.05) is 73.4 Å². The molecule has 1 atom stereocenters. The lowest BCUT2D eigenvalue weighted by molar-refractivity contribution is -0.140. The maximum Gasteiger partial charge on any atom is 0.264 e. The number of carbonyl (C=O) groups is 2. The van der Waals surface area contributed by atoms with Gasteiger partial charge in [0.15, 0.2) is 0 Å². The minimum absolute atomic E-state index is 0.0338. The van der Waals surface area contributed by atoms with Gasteiger partial charge >= 0.3 is 0 Å². The predicted octanol–water partition coefficient (Wildman–Crippen LogP) is 5.83. The Labute approximate surface area is 240 Å². The lowest BCUT2D eigenvalue weighted by atomic mass is 10.1. The average Bonchev–Trinajstić information content (AvgIpc) is 2.93. The van der Waals surface area contributed by atoms with Gasteiger partial charge in [-0.3, -0.25) is 13.9 Å². The van der Waals surface area contributed by atoms with Crippen LogP contribution in [0.5, 0.6) is 0 Å². The van der Waals surface area contributed by atoms with Gasteiger partial charge in [-0.05, 0) is 67.3 Å². The molecule has 0 unspecified atom stereocenters. The molecule has 0 saturated carbocycles. The molecule has 0 radical (unpaired) electrons. The van der Waals surface area contributed by atoms with Crippen LogP contribution in [0.2, 0.25) is 10.0 Å². The minimum Gasteiger partial charge on any atom is -0.354 e. The van der Waals surface area contributed by atoms with E-state index in [1.807, 2.05) is 20.8 Å². The molecule has 39 heavy (non-hydrogen) atoms. The molecule has 208 valence electrons. The Hall–Kier alpha value is -3.07. The third-order valence-electron chi connectivity index (χ3n) is 6.25.